The number of hydrogen-bond donors (Lipinski definition) is 0. The molecule has 0 saturated carbocycles. The minimum absolute atomic E-state index is 0.0245. The zero-order valence-electron chi connectivity index (χ0n) is 25.0. The molecule has 1 unspecified atom stereocenters. The van der Waals surface area contributed by atoms with Crippen molar-refractivity contribution < 1.29 is 8.83 Å². The molecule has 10 aromatic rings. The molecule has 0 N–H and O–H groups in total. The van der Waals surface area contributed by atoms with Gasteiger partial charge in [-0.1, -0.05) is 78.9 Å². The van der Waals surface area contributed by atoms with E-state index in [1.165, 1.54) is 91.7 Å². The molecule has 3 nitrogen and oxygen atoms in total. The molecule has 13 rings (SSSR count). The van der Waals surface area contributed by atoms with Crippen molar-refractivity contribution in [2.24, 2.45) is 0 Å². The van der Waals surface area contributed by atoms with Gasteiger partial charge in [0, 0.05) is 65.3 Å². The van der Waals surface area contributed by atoms with E-state index >= 15 is 0 Å². The molecule has 0 amide bonds. The van der Waals surface area contributed by atoms with E-state index in [-0.39, 0.29) is 12.8 Å². The van der Waals surface area contributed by atoms with Crippen LogP contribution in [0.4, 0.5) is 0 Å². The standard InChI is InChI=1S/C42H22BNO2S/c1-4-16-31-22(10-1)36-24-12-8-15-30-35(24)27(20-33(36)45-31)28-19-29-21-9-3-6-18-34(21)47-42(29)37-25-13-7-14-26-39(25)44(43(30)38(28)37)40-23-11-2-5-17-32(23)46-41(26)40/h1-19,27H,20H2. The number of thiophene rings is 1. The molecule has 47 heavy (non-hydrogen) atoms. The Balaban J connectivity index is 1.28. The normalized spacial score (nSPS) is 15.7. The second-order valence-corrected chi connectivity index (χ2v) is 14.5. The highest BCUT2D eigenvalue weighted by atomic mass is 32.1. The van der Waals surface area contributed by atoms with Crippen molar-refractivity contribution >= 4 is 93.2 Å². The van der Waals surface area contributed by atoms with Crippen LogP contribution in [0.3, 0.4) is 0 Å². The Kier molecular flexibility index (Phi) is 3.99. The molecule has 6 aromatic carbocycles. The van der Waals surface area contributed by atoms with Crippen LogP contribution in [0.2, 0.25) is 0 Å². The summed E-state index contributed by atoms with van der Waals surface area (Å²) >= 11 is 1.94. The molecule has 6 heterocycles. The number of fused-ring (bicyclic) bond motifs is 17. The molecule has 0 fully saturated rings. The van der Waals surface area contributed by atoms with Crippen molar-refractivity contribution in [3.05, 3.63) is 132 Å². The van der Waals surface area contributed by atoms with Gasteiger partial charge in [0.15, 0.2) is 5.58 Å². The highest BCUT2D eigenvalue weighted by molar-refractivity contribution is 7.26. The monoisotopic (exact) mass is 615 g/mol. The van der Waals surface area contributed by atoms with E-state index in [0.717, 1.165) is 28.9 Å². The van der Waals surface area contributed by atoms with Crippen molar-refractivity contribution in [3.63, 3.8) is 0 Å². The molecule has 216 valence electrons. The fourth-order valence-corrected chi connectivity index (χ4v) is 11.0. The Labute approximate surface area is 272 Å². The minimum Gasteiger partial charge on any atom is -0.460 e. The maximum Gasteiger partial charge on any atom is 0.329 e. The number of para-hydroxylation sites is 3. The van der Waals surface area contributed by atoms with Crippen LogP contribution in [0.1, 0.15) is 22.8 Å². The van der Waals surface area contributed by atoms with Crippen LogP contribution in [-0.4, -0.2) is 11.3 Å². The lowest BCUT2D eigenvalue weighted by Crippen LogP contribution is -2.57. The van der Waals surface area contributed by atoms with Crippen molar-refractivity contribution in [1.82, 2.24) is 4.48 Å². The second-order valence-electron chi connectivity index (χ2n) is 13.4. The number of benzene rings is 6. The van der Waals surface area contributed by atoms with Crippen LogP contribution in [-0.2, 0) is 6.42 Å². The third-order valence-corrected chi connectivity index (χ3v) is 12.6. The fourth-order valence-electron chi connectivity index (χ4n) is 9.70. The number of nitrogens with zero attached hydrogens (tertiary/aromatic N) is 1. The highest BCUT2D eigenvalue weighted by Crippen LogP contribution is 2.53. The Morgan fingerprint density at radius 3 is 2.30 bits per heavy atom. The second kappa shape index (κ2) is 7.88. The minimum atomic E-state index is 0.0245. The number of rotatable bonds is 0. The molecule has 1 aliphatic carbocycles. The average molecular weight is 616 g/mol. The molecule has 5 heteroatoms. The molecular weight excluding hydrogens is 593 g/mol. The largest absolute Gasteiger partial charge is 0.460 e. The van der Waals surface area contributed by atoms with Crippen molar-refractivity contribution in [2.75, 3.05) is 0 Å². The van der Waals surface area contributed by atoms with Gasteiger partial charge in [-0.2, -0.15) is 0 Å². The van der Waals surface area contributed by atoms with E-state index in [2.05, 4.69) is 120 Å². The van der Waals surface area contributed by atoms with Crippen molar-refractivity contribution in [3.8, 4) is 22.3 Å². The van der Waals surface area contributed by atoms with Gasteiger partial charge in [0.25, 0.3) is 0 Å². The Morgan fingerprint density at radius 1 is 0.638 bits per heavy atom. The van der Waals surface area contributed by atoms with Gasteiger partial charge in [0.2, 0.25) is 0 Å². The number of hydrogen-bond acceptors (Lipinski definition) is 3. The molecule has 4 aromatic heterocycles. The van der Waals surface area contributed by atoms with Gasteiger partial charge in [0.05, 0.1) is 5.52 Å². The zero-order valence-corrected chi connectivity index (χ0v) is 25.8. The van der Waals surface area contributed by atoms with Gasteiger partial charge in [-0.3, -0.25) is 0 Å². The van der Waals surface area contributed by atoms with E-state index in [1.807, 2.05) is 11.3 Å². The van der Waals surface area contributed by atoms with Crippen LogP contribution in [0, 0.1) is 0 Å². The number of aromatic nitrogens is 1. The van der Waals surface area contributed by atoms with E-state index in [4.69, 9.17) is 8.83 Å². The smallest absolute Gasteiger partial charge is 0.329 e. The lowest BCUT2D eigenvalue weighted by Gasteiger charge is -2.40. The molecule has 0 radical (unpaired) electrons. The van der Waals surface area contributed by atoms with Gasteiger partial charge in [0.1, 0.15) is 16.9 Å². The maximum atomic E-state index is 6.73. The zero-order chi connectivity index (χ0) is 30.1. The summed E-state index contributed by atoms with van der Waals surface area (Å²) in [5.41, 5.74) is 16.4. The summed E-state index contributed by atoms with van der Waals surface area (Å²) in [6, 6.07) is 42.4. The van der Waals surface area contributed by atoms with Gasteiger partial charge >= 0.3 is 6.85 Å². The molecular formula is C42H22BNO2S. The average Bonchev–Trinajstić information content (AvgIpc) is 3.86. The first-order valence-electron chi connectivity index (χ1n) is 16.4. The maximum absolute atomic E-state index is 6.73. The van der Waals surface area contributed by atoms with Gasteiger partial charge in [-0.05, 0) is 69.6 Å². The Hall–Kier alpha value is -5.52. The van der Waals surface area contributed by atoms with Crippen LogP contribution in [0.15, 0.2) is 124 Å². The topological polar surface area (TPSA) is 31.2 Å². The van der Waals surface area contributed by atoms with Gasteiger partial charge < -0.3 is 13.3 Å². The third-order valence-electron chi connectivity index (χ3n) is 11.4. The summed E-state index contributed by atoms with van der Waals surface area (Å²) in [6.45, 7) is 0.0245. The van der Waals surface area contributed by atoms with E-state index in [0.29, 0.717) is 0 Å². The molecule has 1 atom stereocenters. The fraction of sp³-hybridized carbons (Fsp3) is 0.0476. The Morgan fingerprint density at radius 2 is 1.38 bits per heavy atom. The summed E-state index contributed by atoms with van der Waals surface area (Å²) in [5.74, 6) is 1.31. The lowest BCUT2D eigenvalue weighted by atomic mass is 9.40. The first kappa shape index (κ1) is 23.8. The highest BCUT2D eigenvalue weighted by Gasteiger charge is 2.47. The molecule has 0 spiro atoms. The quantitative estimate of drug-likeness (QED) is 0.159. The predicted molar refractivity (Wildman–Crippen MR) is 195 cm³/mol. The van der Waals surface area contributed by atoms with E-state index in [1.54, 1.807) is 0 Å². The summed E-state index contributed by atoms with van der Waals surface area (Å²) in [4.78, 5) is 0. The van der Waals surface area contributed by atoms with Crippen LogP contribution in [0.25, 0.3) is 86.4 Å². The van der Waals surface area contributed by atoms with Crippen LogP contribution < -0.4 is 10.9 Å². The molecule has 3 aliphatic rings. The van der Waals surface area contributed by atoms with Crippen LogP contribution >= 0.6 is 11.3 Å². The lowest BCUT2D eigenvalue weighted by molar-refractivity contribution is 0.531. The summed E-state index contributed by atoms with van der Waals surface area (Å²) < 4.78 is 18.8. The van der Waals surface area contributed by atoms with Crippen LogP contribution in [0.5, 0.6) is 0 Å². The van der Waals surface area contributed by atoms with E-state index in [9.17, 15) is 0 Å². The SMILES string of the molecule is c1cc2c3c(c1)-c1c(oc4ccccc14)CC3c1cc3c(sc4ccccc43)c3c1B2n1c2c-3cccc2c2oc3ccccc3c21. The third kappa shape index (κ3) is 2.61. The van der Waals surface area contributed by atoms with Gasteiger partial charge in [-0.15, -0.1) is 11.3 Å². The molecule has 0 bridgehead atoms. The molecule has 0 saturated heterocycles. The predicted octanol–water partition coefficient (Wildman–Crippen LogP) is 9.96. The summed E-state index contributed by atoms with van der Waals surface area (Å²) in [5, 5.41) is 6.28. The van der Waals surface area contributed by atoms with Gasteiger partial charge in [-0.25, -0.2) is 0 Å². The Bertz CT molecular complexity index is 3080. The summed E-state index contributed by atoms with van der Waals surface area (Å²) in [6.07, 6.45) is 0.855. The first-order chi connectivity index (χ1) is 23.3. The summed E-state index contributed by atoms with van der Waals surface area (Å²) in [7, 11) is 0. The van der Waals surface area contributed by atoms with Crippen molar-refractivity contribution in [2.45, 2.75) is 12.3 Å². The first-order valence-corrected chi connectivity index (χ1v) is 17.2. The molecule has 2 aliphatic heterocycles. The van der Waals surface area contributed by atoms with E-state index < -0.39 is 0 Å². The number of furan rings is 2. The van der Waals surface area contributed by atoms with Crippen molar-refractivity contribution in [1.29, 1.82) is 0 Å².